The van der Waals surface area contributed by atoms with Crippen LogP contribution in [0.3, 0.4) is 0 Å². The summed E-state index contributed by atoms with van der Waals surface area (Å²) in [5.41, 5.74) is 0. The summed E-state index contributed by atoms with van der Waals surface area (Å²) in [4.78, 5) is 22.2. The molecule has 0 saturated carbocycles. The Balaban J connectivity index is 4.14. The summed E-state index contributed by atoms with van der Waals surface area (Å²) in [6.07, 6.45) is 1.87. The van der Waals surface area contributed by atoms with E-state index in [1.54, 1.807) is 0 Å². The predicted molar refractivity (Wildman–Crippen MR) is 50.6 cm³/mol. The molecule has 0 saturated heterocycles. The fraction of sp³-hybridized carbons (Fsp3) is 0.556. The van der Waals surface area contributed by atoms with Crippen molar-refractivity contribution in [3.63, 3.8) is 0 Å². The molecule has 5 heteroatoms. The molecule has 14 heavy (non-hydrogen) atoms. The Bertz CT molecular complexity index is 215. The molecule has 1 N–H and O–H groups in total. The number of hydrogen-bond acceptors (Lipinski definition) is 4. The molecule has 0 aliphatic carbocycles. The highest BCUT2D eigenvalue weighted by Gasteiger charge is 2.19. The highest BCUT2D eigenvalue weighted by atomic mass is 16.5. The Morgan fingerprint density at radius 2 is 2.14 bits per heavy atom. The molecule has 1 atom stereocenters. The summed E-state index contributed by atoms with van der Waals surface area (Å²) in [6.45, 7) is 3.40. The molecule has 0 spiro atoms. The summed E-state index contributed by atoms with van der Waals surface area (Å²) in [5, 5.41) is 2.46. The number of methoxy groups -OCH3 is 2. The van der Waals surface area contributed by atoms with Crippen LogP contribution in [0, 0.1) is 0 Å². The number of carbonyl (C=O) groups is 2. The van der Waals surface area contributed by atoms with Crippen LogP contribution in [0.5, 0.6) is 0 Å². The number of ether oxygens (including phenoxy) is 2. The van der Waals surface area contributed by atoms with Crippen LogP contribution in [0.4, 0.5) is 0 Å². The molecule has 0 fully saturated rings. The lowest BCUT2D eigenvalue weighted by molar-refractivity contribution is -0.145. The van der Waals surface area contributed by atoms with Gasteiger partial charge in [0.15, 0.2) is 0 Å². The van der Waals surface area contributed by atoms with E-state index in [4.69, 9.17) is 0 Å². The lowest BCUT2D eigenvalue weighted by Gasteiger charge is -2.13. The van der Waals surface area contributed by atoms with Gasteiger partial charge in [-0.2, -0.15) is 0 Å². The van der Waals surface area contributed by atoms with Crippen LogP contribution in [-0.2, 0) is 19.1 Å². The third-order valence-corrected chi connectivity index (χ3v) is 1.50. The number of hydrogen-bond donors (Lipinski definition) is 1. The zero-order chi connectivity index (χ0) is 11.0. The monoisotopic (exact) mass is 201 g/mol. The fourth-order valence-corrected chi connectivity index (χ4v) is 0.890. The van der Waals surface area contributed by atoms with Gasteiger partial charge >= 0.3 is 5.97 Å². The smallest absolute Gasteiger partial charge is 0.328 e. The topological polar surface area (TPSA) is 64.6 Å². The Hall–Kier alpha value is -1.36. The lowest BCUT2D eigenvalue weighted by Crippen LogP contribution is -2.42. The van der Waals surface area contributed by atoms with Crippen molar-refractivity contribution in [2.75, 3.05) is 20.8 Å². The van der Waals surface area contributed by atoms with Crippen molar-refractivity contribution in [1.82, 2.24) is 5.32 Å². The van der Waals surface area contributed by atoms with E-state index in [0.717, 1.165) is 0 Å². The molecule has 0 unspecified atom stereocenters. The Kier molecular flexibility index (Phi) is 6.39. The van der Waals surface area contributed by atoms with Gasteiger partial charge in [0, 0.05) is 7.11 Å². The molecule has 0 aliphatic rings. The van der Waals surface area contributed by atoms with Gasteiger partial charge in [-0.15, -0.1) is 6.58 Å². The average molecular weight is 201 g/mol. The second kappa shape index (κ2) is 7.08. The molecule has 0 aromatic rings. The van der Waals surface area contributed by atoms with Gasteiger partial charge in [-0.05, 0) is 6.42 Å². The van der Waals surface area contributed by atoms with Crippen LogP contribution in [-0.4, -0.2) is 38.7 Å². The van der Waals surface area contributed by atoms with Crippen LogP contribution in [0.1, 0.15) is 6.42 Å². The largest absolute Gasteiger partial charge is 0.467 e. The second-order valence-electron chi connectivity index (χ2n) is 2.60. The molecule has 1 amide bonds. The minimum absolute atomic E-state index is 0.0787. The van der Waals surface area contributed by atoms with Crippen molar-refractivity contribution < 1.29 is 19.1 Å². The molecule has 0 aliphatic heterocycles. The Morgan fingerprint density at radius 1 is 1.50 bits per heavy atom. The van der Waals surface area contributed by atoms with Gasteiger partial charge in [0.25, 0.3) is 0 Å². The van der Waals surface area contributed by atoms with E-state index < -0.39 is 12.0 Å². The van der Waals surface area contributed by atoms with Crippen molar-refractivity contribution in [3.8, 4) is 0 Å². The van der Waals surface area contributed by atoms with E-state index in [-0.39, 0.29) is 12.5 Å². The van der Waals surface area contributed by atoms with Crippen molar-refractivity contribution in [3.05, 3.63) is 12.7 Å². The summed E-state index contributed by atoms with van der Waals surface area (Å²) in [6, 6.07) is -0.680. The molecule has 0 rings (SSSR count). The van der Waals surface area contributed by atoms with Crippen LogP contribution < -0.4 is 5.32 Å². The zero-order valence-corrected chi connectivity index (χ0v) is 8.41. The van der Waals surface area contributed by atoms with Crippen molar-refractivity contribution in [2.45, 2.75) is 12.5 Å². The maximum atomic E-state index is 11.1. The summed E-state index contributed by atoms with van der Waals surface area (Å²) >= 11 is 0. The maximum Gasteiger partial charge on any atom is 0.328 e. The molecule has 0 aromatic heterocycles. The number of esters is 1. The maximum absolute atomic E-state index is 11.1. The molecule has 5 nitrogen and oxygen atoms in total. The SMILES string of the molecule is C=CC[C@H](NC(=O)COC)C(=O)OC. The quantitative estimate of drug-likeness (QED) is 0.480. The minimum atomic E-state index is -0.680. The van der Waals surface area contributed by atoms with Crippen LogP contribution in [0.25, 0.3) is 0 Å². The molecule has 0 bridgehead atoms. The van der Waals surface area contributed by atoms with Gasteiger partial charge in [-0.1, -0.05) is 6.08 Å². The molecular weight excluding hydrogens is 186 g/mol. The standard InChI is InChI=1S/C9H15NO4/c1-4-5-7(9(12)14-3)10-8(11)6-13-2/h4,7H,1,5-6H2,2-3H3,(H,10,11)/t7-/m0/s1. The van der Waals surface area contributed by atoms with Gasteiger partial charge in [0.05, 0.1) is 7.11 Å². The molecule has 0 aromatic carbocycles. The third kappa shape index (κ3) is 4.61. The van der Waals surface area contributed by atoms with Gasteiger partial charge in [0.1, 0.15) is 12.6 Å². The number of rotatable bonds is 6. The van der Waals surface area contributed by atoms with Gasteiger partial charge in [-0.3, -0.25) is 4.79 Å². The van der Waals surface area contributed by atoms with Crippen LogP contribution >= 0.6 is 0 Å². The van der Waals surface area contributed by atoms with Crippen LogP contribution in [0.15, 0.2) is 12.7 Å². The van der Waals surface area contributed by atoms with Gasteiger partial charge in [-0.25, -0.2) is 4.79 Å². The Morgan fingerprint density at radius 3 is 2.57 bits per heavy atom. The van der Waals surface area contributed by atoms with Crippen LogP contribution in [0.2, 0.25) is 0 Å². The van der Waals surface area contributed by atoms with Gasteiger partial charge < -0.3 is 14.8 Å². The highest BCUT2D eigenvalue weighted by molar-refractivity contribution is 5.85. The van der Waals surface area contributed by atoms with Gasteiger partial charge in [0.2, 0.25) is 5.91 Å². The highest BCUT2D eigenvalue weighted by Crippen LogP contribution is 1.95. The lowest BCUT2D eigenvalue weighted by atomic mass is 10.2. The minimum Gasteiger partial charge on any atom is -0.467 e. The van der Waals surface area contributed by atoms with E-state index in [1.807, 2.05) is 0 Å². The van der Waals surface area contributed by atoms with E-state index in [1.165, 1.54) is 20.3 Å². The fourth-order valence-electron chi connectivity index (χ4n) is 0.890. The first-order chi connectivity index (χ1) is 6.65. The first kappa shape index (κ1) is 12.6. The Labute approximate surface area is 83.1 Å². The zero-order valence-electron chi connectivity index (χ0n) is 8.41. The summed E-state index contributed by atoms with van der Waals surface area (Å²) in [7, 11) is 2.67. The second-order valence-corrected chi connectivity index (χ2v) is 2.60. The third-order valence-electron chi connectivity index (χ3n) is 1.50. The normalized spacial score (nSPS) is 11.6. The van der Waals surface area contributed by atoms with E-state index in [2.05, 4.69) is 21.4 Å². The first-order valence-corrected chi connectivity index (χ1v) is 4.12. The van der Waals surface area contributed by atoms with E-state index in [9.17, 15) is 9.59 Å². The first-order valence-electron chi connectivity index (χ1n) is 4.12. The number of carbonyl (C=O) groups excluding carboxylic acids is 2. The van der Waals surface area contributed by atoms with Crippen molar-refractivity contribution >= 4 is 11.9 Å². The van der Waals surface area contributed by atoms with Crippen molar-refractivity contribution in [2.24, 2.45) is 0 Å². The molecular formula is C9H15NO4. The number of nitrogens with one attached hydrogen (secondary N) is 1. The van der Waals surface area contributed by atoms with Crippen molar-refractivity contribution in [1.29, 1.82) is 0 Å². The van der Waals surface area contributed by atoms with E-state index >= 15 is 0 Å². The number of amides is 1. The summed E-state index contributed by atoms with van der Waals surface area (Å²) < 4.78 is 9.11. The molecule has 0 radical (unpaired) electrons. The average Bonchev–Trinajstić information content (AvgIpc) is 2.16. The summed E-state index contributed by atoms with van der Waals surface area (Å²) in [5.74, 6) is -0.848. The molecule has 80 valence electrons. The van der Waals surface area contributed by atoms with E-state index in [0.29, 0.717) is 6.42 Å². The molecule has 0 heterocycles. The predicted octanol–water partition coefficient (Wildman–Crippen LogP) is -0.133.